The summed E-state index contributed by atoms with van der Waals surface area (Å²) in [6.07, 6.45) is -7.89. The molecule has 0 bridgehead atoms. The molecule has 41 heavy (non-hydrogen) atoms. The Bertz CT molecular complexity index is 1070. The maximum Gasteiger partial charge on any atom is 0.369 e. The van der Waals surface area contributed by atoms with Crippen LogP contribution in [0.2, 0.25) is 0 Å². The molecule has 17 heteroatoms. The van der Waals surface area contributed by atoms with Crippen LogP contribution in [0.3, 0.4) is 0 Å². The molecular formula is C24H32N2O15. The van der Waals surface area contributed by atoms with Gasteiger partial charge in [-0.2, -0.15) is 0 Å². The molecule has 2 rings (SSSR count). The maximum atomic E-state index is 13.2. The summed E-state index contributed by atoms with van der Waals surface area (Å²) >= 11 is 0. The van der Waals surface area contributed by atoms with Crippen LogP contribution in [0.5, 0.6) is 0 Å². The Balaban J connectivity index is 2.77. The Hall–Kier alpha value is -4.12. The van der Waals surface area contributed by atoms with E-state index in [-0.39, 0.29) is 12.8 Å². The molecule has 2 aliphatic heterocycles. The second-order valence-electron chi connectivity index (χ2n) is 9.10. The third-order valence-electron chi connectivity index (χ3n) is 5.74. The van der Waals surface area contributed by atoms with Crippen molar-refractivity contribution in [3.8, 4) is 0 Å². The van der Waals surface area contributed by atoms with Crippen LogP contribution in [-0.2, 0) is 71.6 Å². The van der Waals surface area contributed by atoms with E-state index < -0.39 is 96.8 Å². The molecule has 2 saturated heterocycles. The first-order valence-electron chi connectivity index (χ1n) is 12.3. The smallest absolute Gasteiger partial charge is 0.369 e. The van der Waals surface area contributed by atoms with Crippen LogP contribution in [0.25, 0.3) is 0 Å². The fourth-order valence-corrected chi connectivity index (χ4v) is 4.30. The molecule has 3 amide bonds. The quantitative estimate of drug-likeness (QED) is 0.167. The molecule has 0 unspecified atom stereocenters. The first kappa shape index (κ1) is 33.1. The van der Waals surface area contributed by atoms with Gasteiger partial charge in [0.25, 0.3) is 17.6 Å². The summed E-state index contributed by atoms with van der Waals surface area (Å²) in [4.78, 5) is 104. The van der Waals surface area contributed by atoms with Gasteiger partial charge in [-0.1, -0.05) is 0 Å². The molecule has 2 fully saturated rings. The van der Waals surface area contributed by atoms with E-state index in [0.717, 1.165) is 41.7 Å². The zero-order valence-corrected chi connectivity index (χ0v) is 23.3. The minimum Gasteiger partial charge on any atom is -0.465 e. The highest BCUT2D eigenvalue weighted by Crippen LogP contribution is 2.38. The lowest BCUT2D eigenvalue weighted by Gasteiger charge is -2.48. The summed E-state index contributed by atoms with van der Waals surface area (Å²) in [6.45, 7) is 4.48. The molecule has 6 atom stereocenters. The van der Waals surface area contributed by atoms with Gasteiger partial charge in [0.15, 0.2) is 12.2 Å². The van der Waals surface area contributed by atoms with E-state index in [9.17, 15) is 38.4 Å². The monoisotopic (exact) mass is 588 g/mol. The standard InChI is InChI=1S/C24H32N2O15/c1-11(27)25-20-16(37-13(3)29)9-24(23(34)35-6,41-26-18(32)7-8-19(26)33)40-22(20)21(39-15(5)31)17(38-14(4)30)10-36-12(2)28/h16-17,20-22H,7-10H2,1-6H3,(H,25,27)/t16-,17+,20+,21+,22+,24-/m0/s1. The van der Waals surface area contributed by atoms with Crippen LogP contribution in [0.4, 0.5) is 0 Å². The van der Waals surface area contributed by atoms with Gasteiger partial charge in [0.2, 0.25) is 5.91 Å². The van der Waals surface area contributed by atoms with Crippen LogP contribution < -0.4 is 5.32 Å². The lowest BCUT2D eigenvalue weighted by molar-refractivity contribution is -0.359. The molecule has 228 valence electrons. The van der Waals surface area contributed by atoms with Crippen molar-refractivity contribution in [2.45, 2.75) is 90.1 Å². The number of hydrogen-bond donors (Lipinski definition) is 1. The van der Waals surface area contributed by atoms with Crippen LogP contribution >= 0.6 is 0 Å². The summed E-state index contributed by atoms with van der Waals surface area (Å²) in [7, 11) is 0.937. The van der Waals surface area contributed by atoms with Crippen molar-refractivity contribution in [2.75, 3.05) is 13.7 Å². The van der Waals surface area contributed by atoms with Crippen molar-refractivity contribution in [1.29, 1.82) is 0 Å². The molecule has 0 aliphatic carbocycles. The van der Waals surface area contributed by atoms with Gasteiger partial charge in [0.05, 0.1) is 19.6 Å². The minimum atomic E-state index is -2.70. The second kappa shape index (κ2) is 14.0. The van der Waals surface area contributed by atoms with E-state index in [0.29, 0.717) is 5.06 Å². The minimum absolute atomic E-state index is 0.242. The number of imide groups is 1. The predicted octanol–water partition coefficient (Wildman–Crippen LogP) is -1.41. The highest BCUT2D eigenvalue weighted by molar-refractivity contribution is 6.00. The van der Waals surface area contributed by atoms with Gasteiger partial charge in [0.1, 0.15) is 18.8 Å². The van der Waals surface area contributed by atoms with Gasteiger partial charge in [-0.15, -0.1) is 5.06 Å². The number of carbonyl (C=O) groups is 8. The van der Waals surface area contributed by atoms with E-state index in [1.54, 1.807) is 0 Å². The molecule has 2 aliphatic rings. The van der Waals surface area contributed by atoms with Crippen molar-refractivity contribution >= 4 is 47.6 Å². The zero-order valence-electron chi connectivity index (χ0n) is 23.3. The van der Waals surface area contributed by atoms with Gasteiger partial charge < -0.3 is 33.7 Å². The van der Waals surface area contributed by atoms with Gasteiger partial charge in [-0.3, -0.25) is 33.6 Å². The van der Waals surface area contributed by atoms with Crippen LogP contribution in [0.1, 0.15) is 53.9 Å². The van der Waals surface area contributed by atoms with Crippen molar-refractivity contribution < 1.29 is 71.6 Å². The molecule has 0 spiro atoms. The molecule has 0 aromatic carbocycles. The molecule has 0 aromatic heterocycles. The Morgan fingerprint density at radius 1 is 0.927 bits per heavy atom. The van der Waals surface area contributed by atoms with E-state index in [4.69, 9.17) is 33.3 Å². The number of amides is 3. The number of esters is 5. The van der Waals surface area contributed by atoms with Gasteiger partial charge in [-0.25, -0.2) is 9.63 Å². The van der Waals surface area contributed by atoms with Gasteiger partial charge in [0, 0.05) is 47.5 Å². The lowest BCUT2D eigenvalue weighted by atomic mass is 9.88. The fourth-order valence-electron chi connectivity index (χ4n) is 4.30. The van der Waals surface area contributed by atoms with Crippen molar-refractivity contribution in [3.63, 3.8) is 0 Å². The summed E-state index contributed by atoms with van der Waals surface area (Å²) in [5.74, 6) is -9.92. The zero-order chi connectivity index (χ0) is 31.1. The SMILES string of the molecule is COC(=O)[C@@]1(ON2C(=O)CCC2=O)C[C@H](OC(C)=O)[C@@H](NC(C)=O)[C@H]([C@H](OC(C)=O)[C@@H](COC(C)=O)OC(C)=O)O1. The maximum absolute atomic E-state index is 13.2. The van der Waals surface area contributed by atoms with Crippen LogP contribution in [0, 0.1) is 0 Å². The Morgan fingerprint density at radius 2 is 1.51 bits per heavy atom. The first-order valence-corrected chi connectivity index (χ1v) is 12.3. The predicted molar refractivity (Wildman–Crippen MR) is 127 cm³/mol. The second-order valence-corrected chi connectivity index (χ2v) is 9.10. The molecule has 17 nitrogen and oxygen atoms in total. The highest BCUT2D eigenvalue weighted by atomic mass is 16.8. The Labute approximate surface area is 233 Å². The molecule has 0 aromatic rings. The van der Waals surface area contributed by atoms with Crippen LogP contribution in [-0.4, -0.2) is 103 Å². The van der Waals surface area contributed by atoms with Gasteiger partial charge >= 0.3 is 29.8 Å². The highest BCUT2D eigenvalue weighted by Gasteiger charge is 2.61. The van der Waals surface area contributed by atoms with E-state index in [2.05, 4.69) is 5.32 Å². The third kappa shape index (κ3) is 8.68. The number of hydrogen-bond acceptors (Lipinski definition) is 15. The number of ether oxygens (including phenoxy) is 6. The van der Waals surface area contributed by atoms with Gasteiger partial charge in [-0.05, 0) is 0 Å². The molecule has 1 N–H and O–H groups in total. The first-order chi connectivity index (χ1) is 19.1. The number of nitrogens with zero attached hydrogens (tertiary/aromatic N) is 1. The largest absolute Gasteiger partial charge is 0.465 e. The molecule has 0 radical (unpaired) electrons. The van der Waals surface area contributed by atoms with Crippen molar-refractivity contribution in [1.82, 2.24) is 10.4 Å². The van der Waals surface area contributed by atoms with Crippen molar-refractivity contribution in [2.24, 2.45) is 0 Å². The molecular weight excluding hydrogens is 556 g/mol. The Kier molecular flexibility index (Phi) is 11.3. The van der Waals surface area contributed by atoms with E-state index in [1.165, 1.54) is 0 Å². The molecule has 2 heterocycles. The molecule has 0 saturated carbocycles. The topological polar surface area (TPSA) is 216 Å². The fraction of sp³-hybridized carbons (Fsp3) is 0.667. The number of carbonyl (C=O) groups excluding carboxylic acids is 8. The summed E-state index contributed by atoms with van der Waals surface area (Å²) < 4.78 is 31.8. The average Bonchev–Trinajstić information content (AvgIpc) is 3.17. The Morgan fingerprint density at radius 3 is 1.98 bits per heavy atom. The summed E-state index contributed by atoms with van der Waals surface area (Å²) in [6, 6.07) is -1.43. The number of hydroxylamine groups is 2. The lowest BCUT2D eigenvalue weighted by Crippen LogP contribution is -2.70. The van der Waals surface area contributed by atoms with Crippen molar-refractivity contribution in [3.05, 3.63) is 0 Å². The van der Waals surface area contributed by atoms with Crippen LogP contribution in [0.15, 0.2) is 0 Å². The number of methoxy groups -OCH3 is 1. The van der Waals surface area contributed by atoms with E-state index in [1.807, 2.05) is 0 Å². The normalized spacial score (nSPS) is 25.4. The third-order valence-corrected chi connectivity index (χ3v) is 5.74. The summed E-state index contributed by atoms with van der Waals surface area (Å²) in [5, 5.41) is 2.78. The number of rotatable bonds is 11. The summed E-state index contributed by atoms with van der Waals surface area (Å²) in [5.41, 5.74) is 0. The average molecular weight is 589 g/mol. The number of nitrogens with one attached hydrogen (secondary N) is 1. The van der Waals surface area contributed by atoms with E-state index >= 15 is 0 Å².